The number of carbonyl (C=O) groups excluding carboxylic acids is 1. The topological polar surface area (TPSA) is 22.0 Å². The van der Waals surface area contributed by atoms with Crippen LogP contribution in [0.25, 0.3) is 10.9 Å². The fourth-order valence-corrected chi connectivity index (χ4v) is 2.76. The number of aldehydes is 1. The van der Waals surface area contributed by atoms with Crippen LogP contribution in [0.4, 0.5) is 4.39 Å². The van der Waals surface area contributed by atoms with E-state index in [-0.39, 0.29) is 5.82 Å². The largest absolute Gasteiger partial charge is 0.327 e. The van der Waals surface area contributed by atoms with Gasteiger partial charge in [-0.25, -0.2) is 4.39 Å². The summed E-state index contributed by atoms with van der Waals surface area (Å²) in [6, 6.07) is 12.4. The van der Waals surface area contributed by atoms with Gasteiger partial charge in [-0.15, -0.1) is 0 Å². The molecule has 0 amide bonds. The standard InChI is InChI=1S/C17H13ClFNO/c1-11-2-4-12(5-3-11)9-20-16-7-6-13(19)8-14(16)15(10-21)17(20)18/h2-8,10H,9H2,1H3. The van der Waals surface area contributed by atoms with E-state index in [4.69, 9.17) is 11.6 Å². The number of carbonyl (C=O) groups is 1. The second kappa shape index (κ2) is 5.34. The minimum Gasteiger partial charge on any atom is -0.327 e. The van der Waals surface area contributed by atoms with Gasteiger partial charge in [-0.1, -0.05) is 41.4 Å². The Hall–Kier alpha value is -2.13. The summed E-state index contributed by atoms with van der Waals surface area (Å²) in [7, 11) is 0. The fourth-order valence-electron chi connectivity index (χ4n) is 2.46. The van der Waals surface area contributed by atoms with E-state index >= 15 is 0 Å². The zero-order chi connectivity index (χ0) is 15.0. The Kier molecular flexibility index (Phi) is 3.52. The Balaban J connectivity index is 2.15. The molecule has 2 nitrogen and oxygen atoms in total. The first kappa shape index (κ1) is 13.8. The fraction of sp³-hybridized carbons (Fsp3) is 0.118. The molecule has 0 radical (unpaired) electrons. The number of hydrogen-bond acceptors (Lipinski definition) is 1. The van der Waals surface area contributed by atoms with Gasteiger partial charge in [0.1, 0.15) is 11.0 Å². The van der Waals surface area contributed by atoms with Crippen LogP contribution in [-0.2, 0) is 6.54 Å². The van der Waals surface area contributed by atoms with Gasteiger partial charge in [0.15, 0.2) is 6.29 Å². The van der Waals surface area contributed by atoms with Crippen molar-refractivity contribution in [2.75, 3.05) is 0 Å². The first-order valence-corrected chi connectivity index (χ1v) is 6.96. The van der Waals surface area contributed by atoms with Gasteiger partial charge in [0.25, 0.3) is 0 Å². The van der Waals surface area contributed by atoms with Gasteiger partial charge in [-0.3, -0.25) is 4.79 Å². The second-order valence-corrected chi connectivity index (χ2v) is 5.41. The van der Waals surface area contributed by atoms with Crippen molar-refractivity contribution in [2.24, 2.45) is 0 Å². The zero-order valence-electron chi connectivity index (χ0n) is 11.4. The van der Waals surface area contributed by atoms with Crippen LogP contribution in [0, 0.1) is 12.7 Å². The Morgan fingerprint density at radius 1 is 1.19 bits per heavy atom. The molecular weight excluding hydrogens is 289 g/mol. The summed E-state index contributed by atoms with van der Waals surface area (Å²) in [6.45, 7) is 2.56. The van der Waals surface area contributed by atoms with E-state index in [2.05, 4.69) is 0 Å². The van der Waals surface area contributed by atoms with E-state index in [1.54, 1.807) is 6.07 Å². The van der Waals surface area contributed by atoms with Crippen LogP contribution in [0.15, 0.2) is 42.5 Å². The van der Waals surface area contributed by atoms with E-state index in [0.717, 1.165) is 11.1 Å². The van der Waals surface area contributed by atoms with Crippen LogP contribution in [0.5, 0.6) is 0 Å². The highest BCUT2D eigenvalue weighted by atomic mass is 35.5. The molecule has 0 bridgehead atoms. The number of halogens is 2. The molecule has 2 aromatic carbocycles. The summed E-state index contributed by atoms with van der Waals surface area (Å²) in [4.78, 5) is 11.2. The first-order valence-electron chi connectivity index (χ1n) is 6.58. The highest BCUT2D eigenvalue weighted by Crippen LogP contribution is 2.30. The number of rotatable bonds is 3. The molecule has 0 unspecified atom stereocenters. The van der Waals surface area contributed by atoms with E-state index in [9.17, 15) is 9.18 Å². The maximum atomic E-state index is 13.4. The van der Waals surface area contributed by atoms with Gasteiger partial charge in [0.2, 0.25) is 0 Å². The van der Waals surface area contributed by atoms with Crippen LogP contribution >= 0.6 is 11.6 Å². The molecule has 0 atom stereocenters. The maximum absolute atomic E-state index is 13.4. The van der Waals surface area contributed by atoms with Gasteiger partial charge in [0, 0.05) is 11.9 Å². The zero-order valence-corrected chi connectivity index (χ0v) is 12.2. The molecule has 1 heterocycles. The van der Waals surface area contributed by atoms with Crippen LogP contribution in [0.3, 0.4) is 0 Å². The summed E-state index contributed by atoms with van der Waals surface area (Å²) in [5, 5.41) is 0.883. The molecule has 0 saturated carbocycles. The Morgan fingerprint density at radius 2 is 1.90 bits per heavy atom. The van der Waals surface area contributed by atoms with Gasteiger partial charge >= 0.3 is 0 Å². The number of aryl methyl sites for hydroxylation is 1. The van der Waals surface area contributed by atoms with Crippen molar-refractivity contribution in [2.45, 2.75) is 13.5 Å². The average Bonchev–Trinajstić information content (AvgIpc) is 2.73. The second-order valence-electron chi connectivity index (χ2n) is 5.06. The molecule has 21 heavy (non-hydrogen) atoms. The highest BCUT2D eigenvalue weighted by Gasteiger charge is 2.16. The molecule has 0 aliphatic rings. The van der Waals surface area contributed by atoms with Gasteiger partial charge < -0.3 is 4.57 Å². The highest BCUT2D eigenvalue weighted by molar-refractivity contribution is 6.34. The third-order valence-electron chi connectivity index (χ3n) is 3.58. The van der Waals surface area contributed by atoms with Crippen molar-refractivity contribution in [1.29, 1.82) is 0 Å². The summed E-state index contributed by atoms with van der Waals surface area (Å²) in [5.41, 5.74) is 3.33. The number of hydrogen-bond donors (Lipinski definition) is 0. The molecule has 0 aliphatic heterocycles. The van der Waals surface area contributed by atoms with Crippen molar-refractivity contribution < 1.29 is 9.18 Å². The van der Waals surface area contributed by atoms with Gasteiger partial charge in [0.05, 0.1) is 11.1 Å². The molecule has 0 spiro atoms. The predicted octanol–water partition coefficient (Wildman–Crippen LogP) is 4.60. The monoisotopic (exact) mass is 301 g/mol. The SMILES string of the molecule is Cc1ccc(Cn2c(Cl)c(C=O)c3cc(F)ccc32)cc1. The smallest absolute Gasteiger partial charge is 0.153 e. The van der Waals surface area contributed by atoms with E-state index in [1.165, 1.54) is 17.7 Å². The Morgan fingerprint density at radius 3 is 2.57 bits per heavy atom. The van der Waals surface area contributed by atoms with Gasteiger partial charge in [-0.05, 0) is 30.7 Å². The summed E-state index contributed by atoms with van der Waals surface area (Å²) in [5.74, 6) is -0.380. The molecule has 1 aromatic heterocycles. The molecule has 3 aromatic rings. The molecule has 0 N–H and O–H groups in total. The van der Waals surface area contributed by atoms with Crippen LogP contribution in [0.2, 0.25) is 5.15 Å². The van der Waals surface area contributed by atoms with Crippen LogP contribution in [0.1, 0.15) is 21.5 Å². The Bertz CT molecular complexity index is 821. The number of benzene rings is 2. The van der Waals surface area contributed by atoms with Crippen LogP contribution in [-0.4, -0.2) is 10.9 Å². The van der Waals surface area contributed by atoms with Crippen LogP contribution < -0.4 is 0 Å². The first-order chi connectivity index (χ1) is 10.1. The number of fused-ring (bicyclic) bond motifs is 1. The molecule has 0 saturated heterocycles. The molecular formula is C17H13ClFNO. The van der Waals surface area contributed by atoms with E-state index < -0.39 is 0 Å². The van der Waals surface area contributed by atoms with Gasteiger partial charge in [-0.2, -0.15) is 0 Å². The third kappa shape index (κ3) is 2.45. The summed E-state index contributed by atoms with van der Waals surface area (Å²) < 4.78 is 15.2. The van der Waals surface area contributed by atoms with E-state index in [0.29, 0.717) is 28.9 Å². The lowest BCUT2D eigenvalue weighted by Crippen LogP contribution is -2.00. The number of aromatic nitrogens is 1. The molecule has 0 aliphatic carbocycles. The molecule has 4 heteroatoms. The minimum atomic E-state index is -0.380. The quantitative estimate of drug-likeness (QED) is 0.648. The van der Waals surface area contributed by atoms with Crippen molar-refractivity contribution in [1.82, 2.24) is 4.57 Å². The van der Waals surface area contributed by atoms with E-state index in [1.807, 2.05) is 35.8 Å². The average molecular weight is 302 g/mol. The molecule has 106 valence electrons. The van der Waals surface area contributed by atoms with Crippen molar-refractivity contribution in [3.8, 4) is 0 Å². The van der Waals surface area contributed by atoms with Crippen molar-refractivity contribution in [3.63, 3.8) is 0 Å². The predicted molar refractivity (Wildman–Crippen MR) is 82.6 cm³/mol. The van der Waals surface area contributed by atoms with Crippen molar-refractivity contribution >= 4 is 28.8 Å². The molecule has 3 rings (SSSR count). The lowest BCUT2D eigenvalue weighted by molar-refractivity contribution is 0.112. The Labute approximate surface area is 126 Å². The summed E-state index contributed by atoms with van der Waals surface area (Å²) >= 11 is 6.30. The minimum absolute atomic E-state index is 0.332. The summed E-state index contributed by atoms with van der Waals surface area (Å²) in [6.07, 6.45) is 0.676. The lowest BCUT2D eigenvalue weighted by atomic mass is 10.1. The maximum Gasteiger partial charge on any atom is 0.153 e. The normalized spacial score (nSPS) is 11.0. The van der Waals surface area contributed by atoms with Crippen molar-refractivity contribution in [3.05, 3.63) is 70.1 Å². The number of nitrogens with zero attached hydrogens (tertiary/aromatic N) is 1. The third-order valence-corrected chi connectivity index (χ3v) is 3.99. The lowest BCUT2D eigenvalue weighted by Gasteiger charge is -2.08. The molecule has 0 fully saturated rings.